The Bertz CT molecular complexity index is 1420. The highest BCUT2D eigenvalue weighted by Crippen LogP contribution is 2.36. The van der Waals surface area contributed by atoms with Gasteiger partial charge in [0, 0.05) is 16.7 Å². The lowest BCUT2D eigenvalue weighted by molar-refractivity contribution is 0.212. The molecule has 0 saturated carbocycles. The molecule has 0 aliphatic heterocycles. The first-order valence-corrected chi connectivity index (χ1v) is 11.0. The molecule has 168 valence electrons. The van der Waals surface area contributed by atoms with Crippen LogP contribution in [0.2, 0.25) is 0 Å². The molecule has 2 amide bonds. The number of hydrogen-bond donors (Lipinski definition) is 3. The third kappa shape index (κ3) is 4.60. The monoisotopic (exact) mass is 468 g/mol. The number of aromatic nitrogens is 1. The van der Waals surface area contributed by atoms with Crippen molar-refractivity contribution in [3.8, 4) is 34.0 Å². The Morgan fingerprint density at radius 3 is 2.00 bits per heavy atom. The first-order valence-electron chi connectivity index (χ1n) is 9.42. The Balaban J connectivity index is 1.80. The molecule has 11 heteroatoms. The number of primary sulfonamides is 1. The van der Waals surface area contributed by atoms with Gasteiger partial charge in [0.15, 0.2) is 5.76 Å². The lowest BCUT2D eigenvalue weighted by Gasteiger charge is -2.11. The number of rotatable bonds is 5. The Labute approximate surface area is 187 Å². The van der Waals surface area contributed by atoms with Crippen LogP contribution in [0.5, 0.6) is 0 Å². The Kier molecular flexibility index (Phi) is 5.68. The van der Waals surface area contributed by atoms with Gasteiger partial charge in [0.1, 0.15) is 11.5 Å². The van der Waals surface area contributed by atoms with Crippen LogP contribution in [0.25, 0.3) is 34.0 Å². The second kappa shape index (κ2) is 8.47. The van der Waals surface area contributed by atoms with E-state index >= 15 is 0 Å². The summed E-state index contributed by atoms with van der Waals surface area (Å²) in [6.45, 7) is 0. The minimum absolute atomic E-state index is 0.0621. The summed E-state index contributed by atoms with van der Waals surface area (Å²) in [6, 6.07) is 16.4. The van der Waals surface area contributed by atoms with Gasteiger partial charge in [-0.3, -0.25) is 5.21 Å². The SMILES string of the molecule is NC(=O)N(O)c1ccc(-c2nc(-c3ccc(F)cc3)c(-c3ccc(S(N)(=O)=O)cc3)o2)cc1. The summed E-state index contributed by atoms with van der Waals surface area (Å²) >= 11 is 0. The van der Waals surface area contributed by atoms with Gasteiger partial charge in [0.2, 0.25) is 15.9 Å². The standard InChI is InChI=1S/C22H17FN4O5S/c23-16-7-1-13(2-8-16)19-20(14-5-11-18(12-6-14)33(25,30)31)32-21(26-19)15-3-9-17(10-4-15)27(29)22(24)28/h1-12,29H,(H2,24,28)(H2,25,30,31). The van der Waals surface area contributed by atoms with E-state index in [1.807, 2.05) is 0 Å². The fraction of sp³-hybridized carbons (Fsp3) is 0. The van der Waals surface area contributed by atoms with Crippen molar-refractivity contribution in [3.05, 3.63) is 78.6 Å². The van der Waals surface area contributed by atoms with Crippen molar-refractivity contribution < 1.29 is 27.2 Å². The molecule has 0 fully saturated rings. The number of carbonyl (C=O) groups excluding carboxylic acids is 1. The summed E-state index contributed by atoms with van der Waals surface area (Å²) in [4.78, 5) is 15.6. The highest BCUT2D eigenvalue weighted by atomic mass is 32.2. The highest BCUT2D eigenvalue weighted by Gasteiger charge is 2.19. The van der Waals surface area contributed by atoms with Crippen LogP contribution < -0.4 is 15.9 Å². The molecule has 0 aliphatic rings. The van der Waals surface area contributed by atoms with Crippen molar-refractivity contribution in [2.75, 3.05) is 5.06 Å². The fourth-order valence-electron chi connectivity index (χ4n) is 3.11. The Hall–Kier alpha value is -4.06. The zero-order valence-corrected chi connectivity index (χ0v) is 17.7. The fourth-order valence-corrected chi connectivity index (χ4v) is 3.63. The molecule has 33 heavy (non-hydrogen) atoms. The van der Waals surface area contributed by atoms with Crippen molar-refractivity contribution in [1.82, 2.24) is 4.98 Å². The smallest absolute Gasteiger partial charge is 0.343 e. The summed E-state index contributed by atoms with van der Waals surface area (Å²) in [5.41, 5.74) is 7.22. The predicted octanol–water partition coefficient (Wildman–Crippen LogP) is 3.74. The van der Waals surface area contributed by atoms with E-state index in [2.05, 4.69) is 4.98 Å². The van der Waals surface area contributed by atoms with Gasteiger partial charge in [-0.25, -0.2) is 27.7 Å². The average Bonchev–Trinajstić information content (AvgIpc) is 3.24. The number of urea groups is 1. The molecule has 0 unspecified atom stereocenters. The number of hydroxylamine groups is 1. The van der Waals surface area contributed by atoms with Crippen molar-refractivity contribution in [1.29, 1.82) is 0 Å². The van der Waals surface area contributed by atoms with Crippen LogP contribution in [0.15, 0.2) is 82.1 Å². The minimum atomic E-state index is -3.87. The average molecular weight is 468 g/mol. The van der Waals surface area contributed by atoms with E-state index < -0.39 is 21.9 Å². The lowest BCUT2D eigenvalue weighted by atomic mass is 10.1. The molecule has 1 aromatic heterocycles. The second-order valence-corrected chi connectivity index (χ2v) is 8.53. The molecule has 0 bridgehead atoms. The molecule has 1 heterocycles. The number of amides is 2. The Morgan fingerprint density at radius 1 is 0.909 bits per heavy atom. The summed E-state index contributed by atoms with van der Waals surface area (Å²) in [6.07, 6.45) is 0. The van der Waals surface area contributed by atoms with E-state index in [-0.39, 0.29) is 16.5 Å². The van der Waals surface area contributed by atoms with Gasteiger partial charge in [-0.1, -0.05) is 0 Å². The largest absolute Gasteiger partial charge is 0.435 e. The molecule has 0 aliphatic carbocycles. The number of nitrogens with two attached hydrogens (primary N) is 2. The Morgan fingerprint density at radius 2 is 1.45 bits per heavy atom. The molecule has 5 N–H and O–H groups in total. The van der Waals surface area contributed by atoms with E-state index in [4.69, 9.17) is 15.3 Å². The molecule has 0 atom stereocenters. The van der Waals surface area contributed by atoms with Crippen LogP contribution in [-0.4, -0.2) is 24.6 Å². The molecule has 3 aromatic carbocycles. The van der Waals surface area contributed by atoms with Crippen LogP contribution >= 0.6 is 0 Å². The maximum Gasteiger partial charge on any atom is 0.343 e. The number of sulfonamides is 1. The van der Waals surface area contributed by atoms with E-state index in [0.717, 1.165) is 0 Å². The molecular formula is C22H17FN4O5S. The van der Waals surface area contributed by atoms with Crippen LogP contribution in [0.3, 0.4) is 0 Å². The van der Waals surface area contributed by atoms with Gasteiger partial charge < -0.3 is 10.2 Å². The van der Waals surface area contributed by atoms with Crippen molar-refractivity contribution in [2.24, 2.45) is 10.9 Å². The van der Waals surface area contributed by atoms with E-state index in [1.165, 1.54) is 48.5 Å². The normalized spacial score (nSPS) is 11.4. The molecular weight excluding hydrogens is 451 g/mol. The number of carbonyl (C=O) groups is 1. The third-order valence-corrected chi connectivity index (χ3v) is 5.69. The van der Waals surface area contributed by atoms with Crippen LogP contribution in [-0.2, 0) is 10.0 Å². The van der Waals surface area contributed by atoms with Gasteiger partial charge in [-0.2, -0.15) is 5.06 Å². The third-order valence-electron chi connectivity index (χ3n) is 4.76. The molecule has 0 saturated heterocycles. The van der Waals surface area contributed by atoms with Gasteiger partial charge in [0.05, 0.1) is 10.6 Å². The summed E-state index contributed by atoms with van der Waals surface area (Å²) < 4.78 is 42.6. The maximum atomic E-state index is 13.4. The number of benzene rings is 3. The summed E-state index contributed by atoms with van der Waals surface area (Å²) in [5.74, 6) is 0.109. The molecule has 4 rings (SSSR count). The predicted molar refractivity (Wildman–Crippen MR) is 118 cm³/mol. The van der Waals surface area contributed by atoms with Gasteiger partial charge in [-0.15, -0.1) is 0 Å². The summed E-state index contributed by atoms with van der Waals surface area (Å²) in [5, 5.41) is 15.1. The number of oxazole rings is 1. The highest BCUT2D eigenvalue weighted by molar-refractivity contribution is 7.89. The van der Waals surface area contributed by atoms with Gasteiger partial charge in [0.25, 0.3) is 0 Å². The van der Waals surface area contributed by atoms with Crippen LogP contribution in [0, 0.1) is 5.82 Å². The lowest BCUT2D eigenvalue weighted by Crippen LogP contribution is -2.32. The van der Waals surface area contributed by atoms with Crippen molar-refractivity contribution in [2.45, 2.75) is 4.90 Å². The molecule has 9 nitrogen and oxygen atoms in total. The zero-order chi connectivity index (χ0) is 23.8. The number of halogens is 1. The van der Waals surface area contributed by atoms with Crippen molar-refractivity contribution in [3.63, 3.8) is 0 Å². The maximum absolute atomic E-state index is 13.4. The van der Waals surface area contributed by atoms with Crippen LogP contribution in [0.1, 0.15) is 0 Å². The van der Waals surface area contributed by atoms with Crippen molar-refractivity contribution >= 4 is 21.7 Å². The molecule has 0 radical (unpaired) electrons. The van der Waals surface area contributed by atoms with Gasteiger partial charge >= 0.3 is 6.03 Å². The molecule has 4 aromatic rings. The molecule has 0 spiro atoms. The topological polar surface area (TPSA) is 153 Å². The quantitative estimate of drug-likeness (QED) is 0.300. The van der Waals surface area contributed by atoms with E-state index in [9.17, 15) is 22.8 Å². The number of primary amides is 1. The summed E-state index contributed by atoms with van der Waals surface area (Å²) in [7, 11) is -3.87. The van der Waals surface area contributed by atoms with E-state index in [1.54, 1.807) is 24.3 Å². The first-order chi connectivity index (χ1) is 15.6. The zero-order valence-electron chi connectivity index (χ0n) is 16.8. The van der Waals surface area contributed by atoms with E-state index in [0.29, 0.717) is 33.2 Å². The van der Waals surface area contributed by atoms with Crippen LogP contribution in [0.4, 0.5) is 14.9 Å². The second-order valence-electron chi connectivity index (χ2n) is 6.97. The minimum Gasteiger partial charge on any atom is -0.435 e. The van der Waals surface area contributed by atoms with Gasteiger partial charge in [-0.05, 0) is 72.8 Å². The number of anilines is 1. The first kappa shape index (κ1) is 22.1. The number of nitrogens with zero attached hydrogens (tertiary/aromatic N) is 2. The number of hydrogen-bond acceptors (Lipinski definition) is 6.